The summed E-state index contributed by atoms with van der Waals surface area (Å²) in [5, 5.41) is 12.8. The highest BCUT2D eigenvalue weighted by atomic mass is 32.2. The summed E-state index contributed by atoms with van der Waals surface area (Å²) in [7, 11) is -3.87. The van der Waals surface area contributed by atoms with Gasteiger partial charge in [0.05, 0.1) is 28.1 Å². The van der Waals surface area contributed by atoms with Gasteiger partial charge in [0.25, 0.3) is 5.91 Å². The van der Waals surface area contributed by atoms with Crippen LogP contribution in [0.1, 0.15) is 33.5 Å². The number of benzene rings is 2. The second-order valence-electron chi connectivity index (χ2n) is 8.84. The quantitative estimate of drug-likeness (QED) is 0.411. The highest BCUT2D eigenvalue weighted by Gasteiger charge is 2.39. The van der Waals surface area contributed by atoms with Gasteiger partial charge in [-0.1, -0.05) is 23.8 Å². The van der Waals surface area contributed by atoms with Crippen molar-refractivity contribution in [3.63, 3.8) is 0 Å². The molecule has 1 atom stereocenters. The SMILES string of the molecule is Cc1ccc(N2N=C(c3ccc(S(C)(=O)=O)cc3C(F)(F)F)C[C@H]2NC(=O)c2cnn3cccnc23)cc1. The summed E-state index contributed by atoms with van der Waals surface area (Å²) in [4.78, 5) is 16.9. The Morgan fingerprint density at radius 3 is 2.55 bits per heavy atom. The van der Waals surface area contributed by atoms with Crippen molar-refractivity contribution in [3.8, 4) is 0 Å². The number of aromatic nitrogens is 3. The summed E-state index contributed by atoms with van der Waals surface area (Å²) in [5.41, 5.74) is 0.679. The van der Waals surface area contributed by atoms with Gasteiger partial charge in [-0.2, -0.15) is 23.4 Å². The topological polar surface area (TPSA) is 109 Å². The van der Waals surface area contributed by atoms with E-state index < -0.39 is 38.5 Å². The number of alkyl halides is 3. The van der Waals surface area contributed by atoms with Crippen LogP contribution in [-0.4, -0.2) is 47.1 Å². The molecular formula is C25H21F3N6O3S. The number of amides is 1. The van der Waals surface area contributed by atoms with Crippen molar-refractivity contribution in [2.75, 3.05) is 11.3 Å². The Bertz CT molecular complexity index is 1680. The number of nitrogens with zero attached hydrogens (tertiary/aromatic N) is 5. The standard InChI is InChI=1S/C25H21F3N6O3S/c1-15-4-6-16(7-5-15)34-22(31-24(35)19-14-30-33-11-3-10-29-23(19)33)13-21(32-34)18-9-8-17(38(2,36)37)12-20(18)25(26,27)28/h3-12,14,22H,13H2,1-2H3,(H,31,35)/t22-/m0/s1. The maximum atomic E-state index is 14.0. The van der Waals surface area contributed by atoms with Gasteiger partial charge in [-0.3, -0.25) is 4.79 Å². The Balaban J connectivity index is 1.55. The summed E-state index contributed by atoms with van der Waals surface area (Å²) in [6.07, 6.45) is -0.402. The van der Waals surface area contributed by atoms with Crippen LogP contribution in [0, 0.1) is 6.92 Å². The van der Waals surface area contributed by atoms with Gasteiger partial charge in [0, 0.05) is 30.6 Å². The van der Waals surface area contributed by atoms with Crippen molar-refractivity contribution < 1.29 is 26.4 Å². The fourth-order valence-corrected chi connectivity index (χ4v) is 4.83. The molecule has 2 aromatic carbocycles. The molecule has 0 unspecified atom stereocenters. The van der Waals surface area contributed by atoms with Gasteiger partial charge < -0.3 is 5.32 Å². The number of aryl methyl sites for hydroxylation is 1. The molecule has 9 nitrogen and oxygen atoms in total. The minimum Gasteiger partial charge on any atom is -0.330 e. The van der Waals surface area contributed by atoms with Crippen LogP contribution in [0.2, 0.25) is 0 Å². The molecule has 0 fully saturated rings. The van der Waals surface area contributed by atoms with Crippen LogP contribution in [0.4, 0.5) is 18.9 Å². The number of hydrazone groups is 1. The van der Waals surface area contributed by atoms with Crippen LogP contribution in [0.5, 0.6) is 0 Å². The molecule has 196 valence electrons. The van der Waals surface area contributed by atoms with Crippen LogP contribution >= 0.6 is 0 Å². The monoisotopic (exact) mass is 542 g/mol. The highest BCUT2D eigenvalue weighted by Crippen LogP contribution is 2.36. The van der Waals surface area contributed by atoms with Crippen molar-refractivity contribution in [1.82, 2.24) is 19.9 Å². The minimum atomic E-state index is -4.84. The van der Waals surface area contributed by atoms with Gasteiger partial charge in [-0.25, -0.2) is 22.9 Å². The summed E-state index contributed by atoms with van der Waals surface area (Å²) in [6, 6.07) is 11.6. The Labute approximate surface area is 215 Å². The molecule has 3 heterocycles. The van der Waals surface area contributed by atoms with Crippen LogP contribution < -0.4 is 10.3 Å². The maximum Gasteiger partial charge on any atom is 0.417 e. The molecule has 0 spiro atoms. The Hall–Kier alpha value is -4.26. The van der Waals surface area contributed by atoms with Crippen molar-refractivity contribution in [3.05, 3.63) is 89.4 Å². The molecule has 38 heavy (non-hydrogen) atoms. The Kier molecular flexibility index (Phi) is 6.18. The highest BCUT2D eigenvalue weighted by molar-refractivity contribution is 7.90. The van der Waals surface area contributed by atoms with Crippen LogP contribution in [-0.2, 0) is 16.0 Å². The number of hydrogen-bond acceptors (Lipinski definition) is 7. The zero-order valence-corrected chi connectivity index (χ0v) is 21.0. The molecule has 13 heteroatoms. The lowest BCUT2D eigenvalue weighted by Gasteiger charge is -2.24. The first-order valence-corrected chi connectivity index (χ1v) is 13.3. The number of carbonyl (C=O) groups excluding carboxylic acids is 1. The summed E-state index contributed by atoms with van der Waals surface area (Å²) in [5.74, 6) is -0.527. The number of rotatable bonds is 5. The molecule has 1 N–H and O–H groups in total. The molecule has 1 aliphatic heterocycles. The Morgan fingerprint density at radius 1 is 1.13 bits per heavy atom. The maximum absolute atomic E-state index is 14.0. The first-order chi connectivity index (χ1) is 17.9. The molecule has 0 radical (unpaired) electrons. The molecule has 1 aliphatic rings. The number of nitrogens with one attached hydrogen (secondary N) is 1. The van der Waals surface area contributed by atoms with E-state index in [0.717, 1.165) is 24.0 Å². The van der Waals surface area contributed by atoms with Crippen LogP contribution in [0.15, 0.2) is 77.1 Å². The van der Waals surface area contributed by atoms with Gasteiger partial charge in [0.1, 0.15) is 11.7 Å². The molecular weight excluding hydrogens is 521 g/mol. The third kappa shape index (κ3) is 4.84. The van der Waals surface area contributed by atoms with Gasteiger partial charge in [-0.05, 0) is 37.3 Å². The second-order valence-corrected chi connectivity index (χ2v) is 10.9. The average molecular weight is 543 g/mol. The van der Waals surface area contributed by atoms with E-state index in [1.54, 1.807) is 24.4 Å². The smallest absolute Gasteiger partial charge is 0.330 e. The third-order valence-electron chi connectivity index (χ3n) is 6.07. The van der Waals surface area contributed by atoms with Crippen molar-refractivity contribution in [2.45, 2.75) is 30.6 Å². The summed E-state index contributed by atoms with van der Waals surface area (Å²) in [6.45, 7) is 1.89. The second kappa shape index (κ2) is 9.24. The van der Waals surface area contributed by atoms with Gasteiger partial charge in [0.2, 0.25) is 0 Å². The zero-order valence-electron chi connectivity index (χ0n) is 20.1. The number of halogens is 3. The molecule has 0 bridgehead atoms. The van der Waals surface area contributed by atoms with E-state index in [0.29, 0.717) is 17.4 Å². The van der Waals surface area contributed by atoms with Crippen molar-refractivity contribution >= 4 is 32.8 Å². The number of carbonyl (C=O) groups is 1. The number of sulfone groups is 1. The zero-order chi connectivity index (χ0) is 27.2. The van der Waals surface area contributed by atoms with Crippen molar-refractivity contribution in [2.24, 2.45) is 5.10 Å². The van der Waals surface area contributed by atoms with Crippen molar-refractivity contribution in [1.29, 1.82) is 0 Å². The lowest BCUT2D eigenvalue weighted by Crippen LogP contribution is -2.43. The predicted molar refractivity (Wildman–Crippen MR) is 134 cm³/mol. The van der Waals surface area contributed by atoms with E-state index in [4.69, 9.17) is 0 Å². The predicted octanol–water partition coefficient (Wildman–Crippen LogP) is 3.83. The molecule has 0 saturated heterocycles. The van der Waals surface area contributed by atoms with Gasteiger partial charge in [0.15, 0.2) is 15.5 Å². The fraction of sp³-hybridized carbons (Fsp3) is 0.200. The lowest BCUT2D eigenvalue weighted by molar-refractivity contribution is -0.137. The van der Waals surface area contributed by atoms with E-state index >= 15 is 0 Å². The fourth-order valence-electron chi connectivity index (χ4n) is 4.18. The third-order valence-corrected chi connectivity index (χ3v) is 7.18. The Morgan fingerprint density at radius 2 is 1.87 bits per heavy atom. The summed E-state index contributed by atoms with van der Waals surface area (Å²) >= 11 is 0. The van der Waals surface area contributed by atoms with Gasteiger partial charge in [-0.15, -0.1) is 0 Å². The first-order valence-electron chi connectivity index (χ1n) is 11.4. The summed E-state index contributed by atoms with van der Waals surface area (Å²) < 4.78 is 67.4. The molecule has 1 amide bonds. The molecule has 4 aromatic rings. The van der Waals surface area contributed by atoms with E-state index in [1.165, 1.54) is 21.9 Å². The minimum absolute atomic E-state index is 0.0428. The number of anilines is 1. The van der Waals surface area contributed by atoms with E-state index in [9.17, 15) is 26.4 Å². The van der Waals surface area contributed by atoms with E-state index in [1.807, 2.05) is 19.1 Å². The van der Waals surface area contributed by atoms with E-state index in [-0.39, 0.29) is 23.3 Å². The molecule has 2 aromatic heterocycles. The number of hydrogen-bond donors (Lipinski definition) is 1. The lowest BCUT2D eigenvalue weighted by atomic mass is 10.00. The molecule has 5 rings (SSSR count). The molecule has 0 aliphatic carbocycles. The average Bonchev–Trinajstić information content (AvgIpc) is 3.48. The van der Waals surface area contributed by atoms with E-state index in [2.05, 4.69) is 20.5 Å². The molecule has 0 saturated carbocycles. The van der Waals surface area contributed by atoms with Gasteiger partial charge >= 0.3 is 6.18 Å². The van der Waals surface area contributed by atoms with Crippen LogP contribution in [0.25, 0.3) is 5.65 Å². The largest absolute Gasteiger partial charge is 0.417 e. The first kappa shape index (κ1) is 25.4. The number of fused-ring (bicyclic) bond motifs is 1. The van der Waals surface area contributed by atoms with Crippen LogP contribution in [0.3, 0.4) is 0 Å². The normalized spacial score (nSPS) is 16.1.